The molecule has 0 radical (unpaired) electrons. The fraction of sp³-hybridized carbons (Fsp3) is 0.667. The second-order valence-corrected chi connectivity index (χ2v) is 5.23. The molecule has 5 heteroatoms. The molecule has 0 aliphatic rings. The van der Waals surface area contributed by atoms with Gasteiger partial charge in [-0.1, -0.05) is 44.1 Å². The van der Waals surface area contributed by atoms with E-state index >= 15 is 0 Å². The summed E-state index contributed by atoms with van der Waals surface area (Å²) in [6.07, 6.45) is 0. The molecule has 0 spiro atoms. The van der Waals surface area contributed by atoms with Crippen LogP contribution in [0.3, 0.4) is 0 Å². The Balaban J connectivity index is 3.65. The summed E-state index contributed by atoms with van der Waals surface area (Å²) in [5, 5.41) is 0. The Hall–Kier alpha value is 1.63. The zero-order chi connectivity index (χ0) is 6.73. The summed E-state index contributed by atoms with van der Waals surface area (Å²) >= 11 is 21.8. The van der Waals surface area contributed by atoms with E-state index in [0.29, 0.717) is 4.86 Å². The SMILES string of the molecule is S=C(C(Cl)Br)C(Cl)Br. The fourth-order valence-corrected chi connectivity index (χ4v) is 1.60. The topological polar surface area (TPSA) is 0 Å². The first kappa shape index (κ1) is 9.63. The third kappa shape index (κ3) is 3.62. The summed E-state index contributed by atoms with van der Waals surface area (Å²) in [5.74, 6) is 0. The van der Waals surface area contributed by atoms with Gasteiger partial charge in [-0.25, -0.2) is 0 Å². The van der Waals surface area contributed by atoms with Crippen molar-refractivity contribution in [2.75, 3.05) is 0 Å². The number of halogens is 4. The van der Waals surface area contributed by atoms with Gasteiger partial charge in [-0.15, -0.1) is 23.2 Å². The maximum absolute atomic E-state index is 5.48. The monoisotopic (exact) mass is 298 g/mol. The molecule has 0 aliphatic heterocycles. The number of rotatable bonds is 2. The highest BCUT2D eigenvalue weighted by Crippen LogP contribution is 2.17. The number of alkyl halides is 4. The summed E-state index contributed by atoms with van der Waals surface area (Å²) in [4.78, 5) is 0.549. The minimum Gasteiger partial charge on any atom is -0.105 e. The van der Waals surface area contributed by atoms with E-state index in [1.54, 1.807) is 0 Å². The first-order chi connectivity index (χ1) is 3.55. The molecule has 0 amide bonds. The summed E-state index contributed by atoms with van der Waals surface area (Å²) < 4.78 is -0.640. The second kappa shape index (κ2) is 4.45. The van der Waals surface area contributed by atoms with Crippen molar-refractivity contribution >= 4 is 72.1 Å². The quantitative estimate of drug-likeness (QED) is 0.557. The molecular weight excluding hydrogens is 299 g/mol. The van der Waals surface area contributed by atoms with Gasteiger partial charge in [-0.05, 0) is 0 Å². The second-order valence-electron chi connectivity index (χ2n) is 1.00. The molecule has 0 aromatic rings. The van der Waals surface area contributed by atoms with Crippen LogP contribution in [0.4, 0.5) is 0 Å². The number of hydrogen-bond acceptors (Lipinski definition) is 1. The van der Waals surface area contributed by atoms with Crippen LogP contribution in [0.2, 0.25) is 0 Å². The zero-order valence-corrected chi connectivity index (χ0v) is 9.08. The van der Waals surface area contributed by atoms with Gasteiger partial charge in [0.05, 0.1) is 0 Å². The van der Waals surface area contributed by atoms with Crippen molar-refractivity contribution in [3.05, 3.63) is 0 Å². The predicted molar refractivity (Wildman–Crippen MR) is 49.7 cm³/mol. The van der Waals surface area contributed by atoms with Crippen LogP contribution in [0, 0.1) is 0 Å². The molecule has 2 atom stereocenters. The van der Waals surface area contributed by atoms with E-state index in [9.17, 15) is 0 Å². The molecular formula is C3H2Br2Cl2S. The van der Waals surface area contributed by atoms with Crippen molar-refractivity contribution in [2.45, 2.75) is 8.57 Å². The molecule has 0 heterocycles. The normalized spacial score (nSPS) is 17.5. The fourth-order valence-electron chi connectivity index (χ4n) is 0.0952. The van der Waals surface area contributed by atoms with E-state index in [4.69, 9.17) is 35.4 Å². The van der Waals surface area contributed by atoms with Gasteiger partial charge >= 0.3 is 0 Å². The zero-order valence-electron chi connectivity index (χ0n) is 3.57. The van der Waals surface area contributed by atoms with Gasteiger partial charge in [0.1, 0.15) is 8.57 Å². The van der Waals surface area contributed by atoms with Crippen molar-refractivity contribution in [2.24, 2.45) is 0 Å². The first-order valence-electron chi connectivity index (χ1n) is 1.65. The van der Waals surface area contributed by atoms with Crippen molar-refractivity contribution in [3.8, 4) is 0 Å². The van der Waals surface area contributed by atoms with Crippen LogP contribution in [-0.2, 0) is 0 Å². The van der Waals surface area contributed by atoms with Crippen LogP contribution in [0.1, 0.15) is 0 Å². The maximum Gasteiger partial charge on any atom is 0.122 e. The predicted octanol–water partition coefficient (Wildman–Crippen LogP) is 3.28. The maximum atomic E-state index is 5.48. The van der Waals surface area contributed by atoms with E-state index in [1.807, 2.05) is 0 Å². The van der Waals surface area contributed by atoms with E-state index in [1.165, 1.54) is 0 Å². The van der Waals surface area contributed by atoms with E-state index < -0.39 is 0 Å². The lowest BCUT2D eigenvalue weighted by Gasteiger charge is -2.02. The standard InChI is InChI=1S/C3H2Br2Cl2S/c4-2(6)1(8)3(5)7/h2-3H. The molecule has 0 aromatic heterocycles. The lowest BCUT2D eigenvalue weighted by atomic mass is 10.6. The Morgan fingerprint density at radius 3 is 1.50 bits per heavy atom. The minimum atomic E-state index is -0.320. The minimum absolute atomic E-state index is 0.320. The molecule has 0 nitrogen and oxygen atoms in total. The molecule has 8 heavy (non-hydrogen) atoms. The summed E-state index contributed by atoms with van der Waals surface area (Å²) in [5.41, 5.74) is 0. The molecule has 0 N–H and O–H groups in total. The Kier molecular flexibility index (Phi) is 5.35. The average molecular weight is 301 g/mol. The van der Waals surface area contributed by atoms with Gasteiger partial charge in [0.2, 0.25) is 0 Å². The van der Waals surface area contributed by atoms with Crippen molar-refractivity contribution < 1.29 is 0 Å². The van der Waals surface area contributed by atoms with Crippen molar-refractivity contribution in [3.63, 3.8) is 0 Å². The molecule has 0 aliphatic carbocycles. The molecule has 0 rings (SSSR count). The molecule has 0 saturated heterocycles. The largest absolute Gasteiger partial charge is 0.122 e. The third-order valence-electron chi connectivity index (χ3n) is 0.430. The van der Waals surface area contributed by atoms with Gasteiger partial charge in [0.25, 0.3) is 0 Å². The summed E-state index contributed by atoms with van der Waals surface area (Å²) in [6, 6.07) is 0. The van der Waals surface area contributed by atoms with Gasteiger partial charge in [0, 0.05) is 4.86 Å². The first-order valence-corrected chi connectivity index (χ1v) is 4.77. The van der Waals surface area contributed by atoms with Crippen LogP contribution in [0.25, 0.3) is 0 Å². The van der Waals surface area contributed by atoms with Gasteiger partial charge < -0.3 is 0 Å². The van der Waals surface area contributed by atoms with Crippen LogP contribution >= 0.6 is 67.3 Å². The van der Waals surface area contributed by atoms with Gasteiger partial charge in [-0.3, -0.25) is 0 Å². The Morgan fingerprint density at radius 1 is 1.25 bits per heavy atom. The molecule has 0 bridgehead atoms. The molecule has 48 valence electrons. The lowest BCUT2D eigenvalue weighted by Crippen LogP contribution is -2.11. The van der Waals surface area contributed by atoms with Gasteiger partial charge in [0.15, 0.2) is 0 Å². The van der Waals surface area contributed by atoms with Crippen LogP contribution < -0.4 is 0 Å². The van der Waals surface area contributed by atoms with Gasteiger partial charge in [-0.2, -0.15) is 0 Å². The average Bonchev–Trinajstić information content (AvgIpc) is 1.64. The van der Waals surface area contributed by atoms with Crippen LogP contribution in [0.5, 0.6) is 0 Å². The van der Waals surface area contributed by atoms with Crippen molar-refractivity contribution in [1.29, 1.82) is 0 Å². The Labute approximate surface area is 80.2 Å². The molecule has 0 aromatic carbocycles. The lowest BCUT2D eigenvalue weighted by molar-refractivity contribution is 1.73. The van der Waals surface area contributed by atoms with E-state index in [0.717, 1.165) is 0 Å². The van der Waals surface area contributed by atoms with Crippen molar-refractivity contribution in [1.82, 2.24) is 0 Å². The molecule has 2 unspecified atom stereocenters. The summed E-state index contributed by atoms with van der Waals surface area (Å²) in [7, 11) is 0. The van der Waals surface area contributed by atoms with E-state index in [-0.39, 0.29) is 8.57 Å². The molecule has 0 fully saturated rings. The Bertz CT molecular complexity index is 83.3. The highest BCUT2D eigenvalue weighted by molar-refractivity contribution is 9.11. The summed E-state index contributed by atoms with van der Waals surface area (Å²) in [6.45, 7) is 0. The van der Waals surface area contributed by atoms with Crippen LogP contribution in [0.15, 0.2) is 0 Å². The smallest absolute Gasteiger partial charge is 0.105 e. The van der Waals surface area contributed by atoms with Crippen LogP contribution in [-0.4, -0.2) is 13.4 Å². The van der Waals surface area contributed by atoms with E-state index in [2.05, 4.69) is 31.9 Å². The number of hydrogen-bond donors (Lipinski definition) is 0. The molecule has 0 saturated carbocycles. The third-order valence-corrected chi connectivity index (χ3v) is 3.22. The Morgan fingerprint density at radius 2 is 1.50 bits per heavy atom. The highest BCUT2D eigenvalue weighted by atomic mass is 79.9. The highest BCUT2D eigenvalue weighted by Gasteiger charge is 2.12. The number of thiocarbonyl (C=S) groups is 1.